The summed E-state index contributed by atoms with van der Waals surface area (Å²) in [5.41, 5.74) is -3.38. The molecule has 0 aliphatic carbocycles. The van der Waals surface area contributed by atoms with Crippen LogP contribution in [-0.4, -0.2) is 85.8 Å². The number of nitrogens with one attached hydrogen (secondary N) is 1. The third kappa shape index (κ3) is 8.52. The van der Waals surface area contributed by atoms with E-state index in [0.29, 0.717) is 0 Å². The second-order valence-corrected chi connectivity index (χ2v) is 19.2. The van der Waals surface area contributed by atoms with E-state index in [0.717, 1.165) is 77.9 Å². The van der Waals surface area contributed by atoms with Crippen molar-refractivity contribution in [3.63, 3.8) is 0 Å². The molecule has 1 aliphatic heterocycles. The van der Waals surface area contributed by atoms with Crippen LogP contribution in [0.25, 0.3) is 0 Å². The Balaban J connectivity index is 2.12. The molecule has 0 saturated carbocycles. The molecule has 59 heavy (non-hydrogen) atoms. The molecule has 5 rings (SSSR count). The smallest absolute Gasteiger partial charge is 0.289 e. The zero-order valence-corrected chi connectivity index (χ0v) is 33.6. The molecule has 0 amide bonds. The Bertz CT molecular complexity index is 2500. The minimum Gasteiger partial charge on any atom is -0.406 e. The van der Waals surface area contributed by atoms with Crippen LogP contribution in [0.5, 0.6) is 5.75 Å². The SMILES string of the molecule is C#CCCCCC1N(Oc2ccccc2)CCNCCCN(S(=O)(=O)c2ccccc2[N+](=O)[O-])C1(S(=O)(=O)c1ccccc1[N+](=O)[O-])S(=O)(=O)c1ccccc1[N+](=O)[O-]. The zero-order valence-electron chi connectivity index (χ0n) is 31.1. The number of terminal acetylenes is 1. The van der Waals surface area contributed by atoms with E-state index in [4.69, 9.17) is 11.3 Å². The number of unbranched alkanes of at least 4 members (excludes halogenated alkanes) is 2. The molecule has 1 N–H and O–H groups in total. The van der Waals surface area contributed by atoms with E-state index in [2.05, 4.69) is 11.2 Å². The van der Waals surface area contributed by atoms with Gasteiger partial charge >= 0.3 is 0 Å². The molecule has 1 saturated heterocycles. The minimum atomic E-state index is -6.16. The fourth-order valence-electron chi connectivity index (χ4n) is 6.93. The van der Waals surface area contributed by atoms with Crippen molar-refractivity contribution in [2.75, 3.05) is 26.2 Å². The van der Waals surface area contributed by atoms with Gasteiger partial charge in [0.1, 0.15) is 15.5 Å². The average Bonchev–Trinajstić information content (AvgIpc) is 3.21. The number of sulfonamides is 1. The number of para-hydroxylation sites is 4. The number of hydroxylamine groups is 2. The molecule has 0 spiro atoms. The highest BCUT2D eigenvalue weighted by atomic mass is 32.3. The van der Waals surface area contributed by atoms with Crippen LogP contribution in [0, 0.1) is 42.7 Å². The molecule has 1 unspecified atom stereocenters. The summed E-state index contributed by atoms with van der Waals surface area (Å²) in [4.78, 5) is 37.0. The van der Waals surface area contributed by atoms with E-state index in [1.165, 1.54) is 12.1 Å². The number of hydrogen-bond acceptors (Lipinski definition) is 15. The number of sulfone groups is 2. The first-order valence-electron chi connectivity index (χ1n) is 17.9. The van der Waals surface area contributed by atoms with Crippen molar-refractivity contribution in [3.8, 4) is 18.1 Å². The Labute approximate surface area is 339 Å². The fraction of sp³-hybridized carbons (Fsp3) is 0.297. The van der Waals surface area contributed by atoms with Crippen LogP contribution in [0.2, 0.25) is 0 Å². The van der Waals surface area contributed by atoms with Crippen molar-refractivity contribution in [2.24, 2.45) is 0 Å². The van der Waals surface area contributed by atoms with E-state index < -0.39 is 99.4 Å². The highest BCUT2D eigenvalue weighted by Crippen LogP contribution is 2.50. The van der Waals surface area contributed by atoms with Crippen LogP contribution in [0.3, 0.4) is 0 Å². The maximum atomic E-state index is 16.2. The second kappa shape index (κ2) is 18.4. The molecular weight excluding hydrogens is 833 g/mol. The minimum absolute atomic E-state index is 0.0161. The van der Waals surface area contributed by atoms with Crippen LogP contribution in [0.15, 0.2) is 118 Å². The number of nitrogens with zero attached hydrogens (tertiary/aromatic N) is 5. The van der Waals surface area contributed by atoms with Crippen LogP contribution in [0.4, 0.5) is 17.1 Å². The van der Waals surface area contributed by atoms with Gasteiger partial charge in [-0.25, -0.2) is 25.3 Å². The first-order valence-corrected chi connectivity index (χ1v) is 22.3. The monoisotopic (exact) mass is 870 g/mol. The first-order chi connectivity index (χ1) is 28.0. The van der Waals surface area contributed by atoms with Gasteiger partial charge in [0, 0.05) is 44.3 Å². The Morgan fingerprint density at radius 1 is 0.678 bits per heavy atom. The third-order valence-electron chi connectivity index (χ3n) is 9.46. The number of nitro groups is 3. The Hall–Kier alpha value is -5.83. The van der Waals surface area contributed by atoms with Gasteiger partial charge in [0.15, 0.2) is 4.90 Å². The van der Waals surface area contributed by atoms with E-state index in [1.54, 1.807) is 18.2 Å². The average molecular weight is 871 g/mol. The number of rotatable bonds is 15. The zero-order chi connectivity index (χ0) is 43.0. The van der Waals surface area contributed by atoms with E-state index in [9.17, 15) is 30.3 Å². The van der Waals surface area contributed by atoms with Crippen molar-refractivity contribution < 1.29 is 44.9 Å². The molecule has 1 aliphatic rings. The molecule has 22 heteroatoms. The van der Waals surface area contributed by atoms with Gasteiger partial charge in [-0.2, -0.15) is 4.31 Å². The standard InChI is InChI=1S/C37H38N6O13S3/c1-2-3-4-8-24-36-37(57(50,51)33-21-12-9-18-30(33)41(44)45,58(52,53)34-22-13-10-19-31(34)42(46)47)40(59(54,55)35-23-14-11-20-32(35)43(48)49)27-15-25-38-26-28-39(36)56-29-16-6-5-7-17-29/h1,5-7,9-14,16-23,36,38H,3-4,8,15,24-28H2. The van der Waals surface area contributed by atoms with Crippen molar-refractivity contribution >= 4 is 46.8 Å². The Kier molecular flexibility index (Phi) is 13.8. The summed E-state index contributed by atoms with van der Waals surface area (Å²) >= 11 is 0. The number of benzene rings is 4. The van der Waals surface area contributed by atoms with Crippen molar-refractivity contribution in [3.05, 3.63) is 133 Å². The van der Waals surface area contributed by atoms with Crippen molar-refractivity contribution in [2.45, 2.75) is 57.0 Å². The van der Waals surface area contributed by atoms with E-state index in [1.807, 2.05) is 0 Å². The van der Waals surface area contributed by atoms with Crippen LogP contribution < -0.4 is 10.2 Å². The third-order valence-corrected chi connectivity index (χ3v) is 17.3. The molecule has 1 fully saturated rings. The molecule has 4 aromatic carbocycles. The summed E-state index contributed by atoms with van der Waals surface area (Å²) in [6, 6.07) is 16.4. The number of hydrogen-bond donors (Lipinski definition) is 1. The van der Waals surface area contributed by atoms with Gasteiger partial charge in [-0.3, -0.25) is 30.3 Å². The van der Waals surface area contributed by atoms with Crippen LogP contribution >= 0.6 is 0 Å². The molecule has 0 radical (unpaired) electrons. The molecular formula is C37H38N6O13S3. The van der Waals surface area contributed by atoms with Crippen LogP contribution in [0.1, 0.15) is 32.1 Å². The van der Waals surface area contributed by atoms with Gasteiger partial charge in [-0.1, -0.05) is 61.0 Å². The lowest BCUT2D eigenvalue weighted by atomic mass is 10.1. The predicted molar refractivity (Wildman–Crippen MR) is 213 cm³/mol. The molecule has 4 aromatic rings. The largest absolute Gasteiger partial charge is 0.406 e. The van der Waals surface area contributed by atoms with Gasteiger partial charge < -0.3 is 10.2 Å². The Morgan fingerprint density at radius 2 is 1.15 bits per heavy atom. The summed E-state index contributed by atoms with van der Waals surface area (Å²) in [6.45, 7) is -1.48. The van der Waals surface area contributed by atoms with Gasteiger partial charge in [0.2, 0.25) is 19.7 Å². The maximum absolute atomic E-state index is 16.2. The summed E-state index contributed by atoms with van der Waals surface area (Å²) in [6.07, 6.45) is 4.70. The van der Waals surface area contributed by atoms with Gasteiger partial charge in [0.05, 0.1) is 20.8 Å². The summed E-state index contributed by atoms with van der Waals surface area (Å²) < 4.78 is 91.7. The van der Waals surface area contributed by atoms with Gasteiger partial charge in [0.25, 0.3) is 31.3 Å². The fourth-order valence-corrected chi connectivity index (χ4v) is 15.4. The quantitative estimate of drug-likeness (QED) is 0.0724. The first kappa shape index (κ1) is 44.3. The van der Waals surface area contributed by atoms with Crippen molar-refractivity contribution in [1.29, 1.82) is 0 Å². The lowest BCUT2D eigenvalue weighted by Gasteiger charge is -2.48. The molecule has 1 heterocycles. The topological polar surface area (TPSA) is 260 Å². The summed E-state index contributed by atoms with van der Waals surface area (Å²) in [5.74, 6) is 2.45. The lowest BCUT2D eigenvalue weighted by Crippen LogP contribution is -2.72. The van der Waals surface area contributed by atoms with Crippen LogP contribution in [-0.2, 0) is 29.7 Å². The molecule has 0 bridgehead atoms. The molecule has 19 nitrogen and oxygen atoms in total. The lowest BCUT2D eigenvalue weighted by molar-refractivity contribution is -0.388. The second-order valence-electron chi connectivity index (χ2n) is 13.0. The molecule has 0 aromatic heterocycles. The highest BCUT2D eigenvalue weighted by molar-refractivity contribution is 8.11. The highest BCUT2D eigenvalue weighted by Gasteiger charge is 2.71. The molecule has 312 valence electrons. The van der Waals surface area contributed by atoms with Gasteiger partial charge in [-0.05, 0) is 56.1 Å². The normalized spacial score (nSPS) is 17.0. The summed E-state index contributed by atoms with van der Waals surface area (Å²) in [7, 11) is -18.1. The number of nitro benzene ring substituents is 3. The molecule has 1 atom stereocenters. The van der Waals surface area contributed by atoms with E-state index >= 15 is 25.3 Å². The Morgan fingerprint density at radius 3 is 1.66 bits per heavy atom. The van der Waals surface area contributed by atoms with Crippen molar-refractivity contribution in [1.82, 2.24) is 14.7 Å². The van der Waals surface area contributed by atoms with E-state index in [-0.39, 0.29) is 55.4 Å². The predicted octanol–water partition coefficient (Wildman–Crippen LogP) is 4.86. The van der Waals surface area contributed by atoms with Gasteiger partial charge in [-0.15, -0.1) is 17.4 Å². The summed E-state index contributed by atoms with van der Waals surface area (Å²) in [5, 5.41) is 41.7. The maximum Gasteiger partial charge on any atom is 0.289 e.